The van der Waals surface area contributed by atoms with Crippen LogP contribution in [0.15, 0.2) is 9.98 Å². The minimum absolute atomic E-state index is 0.192. The maximum Gasteiger partial charge on any atom is 0.331 e. The monoisotopic (exact) mass is 174 g/mol. The van der Waals surface area contributed by atoms with Gasteiger partial charge in [0.2, 0.25) is 0 Å². The van der Waals surface area contributed by atoms with Crippen LogP contribution in [0.2, 0.25) is 0 Å². The largest absolute Gasteiger partial charge is 0.479 e. The third-order valence-corrected chi connectivity index (χ3v) is 1.23. The predicted molar refractivity (Wildman–Crippen MR) is 44.7 cm³/mol. The molecule has 0 aromatic carbocycles. The highest BCUT2D eigenvalue weighted by Crippen LogP contribution is 2.09. The van der Waals surface area contributed by atoms with Gasteiger partial charge < -0.3 is 5.11 Å². The summed E-state index contributed by atoms with van der Waals surface area (Å²) in [6, 6.07) is 0. The van der Waals surface area contributed by atoms with Crippen LogP contribution in [-0.2, 0) is 4.79 Å². The number of hydrogen-bond acceptors (Lipinski definition) is 2. The molecule has 0 aromatic heterocycles. The van der Waals surface area contributed by atoms with Crippen molar-refractivity contribution in [1.82, 2.24) is 0 Å². The topological polar surface area (TPSA) is 62.0 Å². The number of alkyl halides is 1. The van der Waals surface area contributed by atoms with Crippen molar-refractivity contribution in [2.75, 3.05) is 6.67 Å². The highest BCUT2D eigenvalue weighted by atomic mass is 19.1. The molecule has 0 aliphatic carbocycles. The Morgan fingerprint density at radius 2 is 2.17 bits per heavy atom. The average molecular weight is 174 g/mol. The van der Waals surface area contributed by atoms with E-state index < -0.39 is 18.2 Å². The number of amidine groups is 1. The van der Waals surface area contributed by atoms with Crippen LogP contribution in [0.4, 0.5) is 4.39 Å². The van der Waals surface area contributed by atoms with Crippen LogP contribution >= 0.6 is 0 Å². The van der Waals surface area contributed by atoms with Crippen LogP contribution in [0, 0.1) is 0 Å². The van der Waals surface area contributed by atoms with E-state index >= 15 is 0 Å². The second kappa shape index (κ2) is 3.94. The lowest BCUT2D eigenvalue weighted by molar-refractivity contribution is -0.141. The summed E-state index contributed by atoms with van der Waals surface area (Å²) >= 11 is 0. The quantitative estimate of drug-likeness (QED) is 0.510. The fourth-order valence-corrected chi connectivity index (χ4v) is 0.478. The van der Waals surface area contributed by atoms with Crippen molar-refractivity contribution in [2.24, 2.45) is 9.98 Å². The molecule has 12 heavy (non-hydrogen) atoms. The Morgan fingerprint density at radius 1 is 1.67 bits per heavy atom. The Balaban J connectivity index is 4.69. The van der Waals surface area contributed by atoms with Gasteiger partial charge in [0.05, 0.1) is 0 Å². The first kappa shape index (κ1) is 10.7. The van der Waals surface area contributed by atoms with E-state index in [2.05, 4.69) is 16.7 Å². The first-order chi connectivity index (χ1) is 5.44. The Bertz CT molecular complexity index is 223. The van der Waals surface area contributed by atoms with Crippen molar-refractivity contribution in [2.45, 2.75) is 19.4 Å². The second-order valence-corrected chi connectivity index (χ2v) is 2.68. The van der Waals surface area contributed by atoms with Crippen LogP contribution in [0.1, 0.15) is 13.8 Å². The maximum absolute atomic E-state index is 12.0. The van der Waals surface area contributed by atoms with E-state index in [1.54, 1.807) is 0 Å². The van der Waals surface area contributed by atoms with Gasteiger partial charge in [-0.05, 0) is 20.6 Å². The molecule has 0 heterocycles. The molecule has 0 spiro atoms. The fraction of sp³-hybridized carbons (Fsp3) is 0.571. The van der Waals surface area contributed by atoms with Gasteiger partial charge in [-0.15, -0.1) is 0 Å². The molecule has 0 fully saturated rings. The molecule has 0 aromatic rings. The van der Waals surface area contributed by atoms with E-state index in [9.17, 15) is 9.18 Å². The number of halogens is 1. The molecule has 0 rings (SSSR count). The predicted octanol–water partition coefficient (Wildman–Crippen LogP) is 0.918. The molecule has 0 unspecified atom stereocenters. The smallest absolute Gasteiger partial charge is 0.331 e. The Morgan fingerprint density at radius 3 is 2.42 bits per heavy atom. The van der Waals surface area contributed by atoms with Gasteiger partial charge in [0.15, 0.2) is 11.4 Å². The second-order valence-electron chi connectivity index (χ2n) is 2.68. The zero-order valence-electron chi connectivity index (χ0n) is 7.04. The first-order valence-corrected chi connectivity index (χ1v) is 3.29. The molecule has 4 nitrogen and oxygen atoms in total. The lowest BCUT2D eigenvalue weighted by Gasteiger charge is -2.13. The summed E-state index contributed by atoms with van der Waals surface area (Å²) in [6.45, 7) is 4.87. The molecule has 0 atom stereocenters. The van der Waals surface area contributed by atoms with Crippen molar-refractivity contribution in [1.29, 1.82) is 0 Å². The van der Waals surface area contributed by atoms with Gasteiger partial charge in [-0.3, -0.25) is 4.99 Å². The molecular weight excluding hydrogens is 163 g/mol. The fourth-order valence-electron chi connectivity index (χ4n) is 0.478. The molecule has 0 bridgehead atoms. The molecule has 0 radical (unpaired) electrons. The average Bonchev–Trinajstić information content (AvgIpc) is 2.00. The van der Waals surface area contributed by atoms with Crippen LogP contribution in [0.25, 0.3) is 0 Å². The zero-order valence-corrected chi connectivity index (χ0v) is 7.04. The molecular formula is C7H11FN2O2. The molecule has 68 valence electrons. The molecule has 0 aliphatic heterocycles. The van der Waals surface area contributed by atoms with Crippen LogP contribution in [-0.4, -0.2) is 35.8 Å². The van der Waals surface area contributed by atoms with Gasteiger partial charge >= 0.3 is 5.97 Å². The first-order valence-electron chi connectivity index (χ1n) is 3.29. The molecule has 0 saturated heterocycles. The standard InChI is InChI=1S/C7H11FN2O2/c1-7(2,6(11)12)10-5(4-8)9-3/h3-4H2,1-2H3,(H,11,12). The third kappa shape index (κ3) is 2.77. The number of rotatable bonds is 3. The van der Waals surface area contributed by atoms with Crippen molar-refractivity contribution < 1.29 is 14.3 Å². The zero-order chi connectivity index (χ0) is 9.78. The van der Waals surface area contributed by atoms with Gasteiger partial charge in [-0.2, -0.15) is 0 Å². The summed E-state index contributed by atoms with van der Waals surface area (Å²) in [7, 11) is 0. The van der Waals surface area contributed by atoms with Crippen LogP contribution in [0.5, 0.6) is 0 Å². The third-order valence-electron chi connectivity index (χ3n) is 1.23. The summed E-state index contributed by atoms with van der Waals surface area (Å²) in [4.78, 5) is 17.3. The molecule has 5 heteroatoms. The van der Waals surface area contributed by atoms with Crippen molar-refractivity contribution in [3.05, 3.63) is 0 Å². The van der Waals surface area contributed by atoms with E-state index in [0.29, 0.717) is 0 Å². The normalized spacial score (nSPS) is 12.8. The summed E-state index contributed by atoms with van der Waals surface area (Å²) in [5.41, 5.74) is -1.34. The van der Waals surface area contributed by atoms with Crippen LogP contribution < -0.4 is 0 Å². The van der Waals surface area contributed by atoms with Crippen molar-refractivity contribution in [3.63, 3.8) is 0 Å². The Kier molecular flexibility index (Phi) is 3.53. The molecule has 0 saturated carbocycles. The number of aliphatic carboxylic acids is 1. The van der Waals surface area contributed by atoms with Gasteiger partial charge in [-0.1, -0.05) is 0 Å². The van der Waals surface area contributed by atoms with Gasteiger partial charge in [0.25, 0.3) is 0 Å². The van der Waals surface area contributed by atoms with Crippen molar-refractivity contribution in [3.8, 4) is 0 Å². The highest BCUT2D eigenvalue weighted by molar-refractivity contribution is 5.90. The van der Waals surface area contributed by atoms with E-state index in [0.717, 1.165) is 0 Å². The van der Waals surface area contributed by atoms with Crippen LogP contribution in [0.3, 0.4) is 0 Å². The Hall–Kier alpha value is -1.26. The number of hydrogen-bond donors (Lipinski definition) is 1. The minimum Gasteiger partial charge on any atom is -0.479 e. The molecule has 0 aliphatic rings. The highest BCUT2D eigenvalue weighted by Gasteiger charge is 2.26. The van der Waals surface area contributed by atoms with Gasteiger partial charge in [0, 0.05) is 0 Å². The number of nitrogens with zero attached hydrogens (tertiary/aromatic N) is 2. The van der Waals surface area contributed by atoms with E-state index in [-0.39, 0.29) is 5.84 Å². The number of aliphatic imine (C=N–C) groups is 2. The summed E-state index contributed by atoms with van der Waals surface area (Å²) in [6.07, 6.45) is 0. The van der Waals surface area contributed by atoms with E-state index in [1.165, 1.54) is 13.8 Å². The van der Waals surface area contributed by atoms with Gasteiger partial charge in [-0.25, -0.2) is 14.2 Å². The Labute approximate surface area is 69.8 Å². The lowest BCUT2D eigenvalue weighted by atomic mass is 10.1. The summed E-state index contributed by atoms with van der Waals surface area (Å²) in [5.74, 6) is -1.32. The van der Waals surface area contributed by atoms with Crippen molar-refractivity contribution >= 4 is 18.5 Å². The van der Waals surface area contributed by atoms with E-state index in [4.69, 9.17) is 5.11 Å². The maximum atomic E-state index is 12.0. The molecule has 0 amide bonds. The lowest BCUT2D eigenvalue weighted by Crippen LogP contribution is -2.30. The minimum atomic E-state index is -1.34. The number of carboxylic acid groups (broad SMARTS) is 1. The van der Waals surface area contributed by atoms with E-state index in [1.807, 2.05) is 0 Å². The summed E-state index contributed by atoms with van der Waals surface area (Å²) < 4.78 is 12.0. The van der Waals surface area contributed by atoms with Gasteiger partial charge in [0.1, 0.15) is 6.67 Å². The molecule has 1 N–H and O–H groups in total. The SMILES string of the molecule is C=NC(CF)=NC(C)(C)C(=O)O. The number of carbonyl (C=O) groups is 1. The number of carboxylic acids is 1. The summed E-state index contributed by atoms with van der Waals surface area (Å²) in [5, 5.41) is 8.59.